The number of sulfonamides is 1. The molecule has 0 aliphatic heterocycles. The maximum absolute atomic E-state index is 12.9. The number of carbonyl (C=O) groups is 1. The maximum atomic E-state index is 12.9. The molecule has 0 aromatic heterocycles. The first-order valence-electron chi connectivity index (χ1n) is 11.9. The van der Waals surface area contributed by atoms with Crippen molar-refractivity contribution in [3.05, 3.63) is 107 Å². The van der Waals surface area contributed by atoms with Crippen LogP contribution in [0.4, 0.5) is 11.4 Å². The Kier molecular flexibility index (Phi) is 7.59. The lowest BCUT2D eigenvalue weighted by Gasteiger charge is -2.15. The van der Waals surface area contributed by atoms with E-state index in [1.807, 2.05) is 56.3 Å². The molecule has 8 nitrogen and oxygen atoms in total. The molecular weight excluding hydrogens is 504 g/mol. The lowest BCUT2D eigenvalue weighted by Crippen LogP contribution is -2.15. The quantitative estimate of drug-likeness (QED) is 0.188. The van der Waals surface area contributed by atoms with E-state index in [1.165, 1.54) is 30.3 Å². The number of phenolic OH excluding ortho intramolecular Hbond substituents is 3. The van der Waals surface area contributed by atoms with Gasteiger partial charge in [0.05, 0.1) is 16.1 Å². The lowest BCUT2D eigenvalue weighted by molar-refractivity contribution is 0.102. The number of phenols is 3. The van der Waals surface area contributed by atoms with Gasteiger partial charge in [0.2, 0.25) is 5.75 Å². The van der Waals surface area contributed by atoms with E-state index >= 15 is 0 Å². The highest BCUT2D eigenvalue weighted by molar-refractivity contribution is 7.92. The summed E-state index contributed by atoms with van der Waals surface area (Å²) >= 11 is 0. The number of benzene rings is 4. The normalized spacial score (nSPS) is 11.3. The maximum Gasteiger partial charge on any atom is 0.261 e. The number of carbonyl (C=O) groups excluding carboxylic acids is 1. The molecule has 1 amide bonds. The van der Waals surface area contributed by atoms with Crippen LogP contribution >= 0.6 is 0 Å². The Morgan fingerprint density at radius 1 is 0.816 bits per heavy atom. The second-order valence-electron chi connectivity index (χ2n) is 9.12. The van der Waals surface area contributed by atoms with Crippen LogP contribution in [0.1, 0.15) is 46.8 Å². The Morgan fingerprint density at radius 2 is 1.45 bits per heavy atom. The van der Waals surface area contributed by atoms with E-state index in [0.717, 1.165) is 11.1 Å². The van der Waals surface area contributed by atoms with Gasteiger partial charge in [-0.2, -0.15) is 0 Å². The molecule has 0 saturated carbocycles. The molecule has 196 valence electrons. The van der Waals surface area contributed by atoms with E-state index in [4.69, 9.17) is 0 Å². The second-order valence-corrected chi connectivity index (χ2v) is 10.8. The van der Waals surface area contributed by atoms with E-state index < -0.39 is 33.2 Å². The highest BCUT2D eigenvalue weighted by Crippen LogP contribution is 2.41. The van der Waals surface area contributed by atoms with Crippen molar-refractivity contribution in [3.8, 4) is 17.2 Å². The van der Waals surface area contributed by atoms with Gasteiger partial charge in [-0.05, 0) is 53.4 Å². The SMILES string of the molecule is CC(C)c1ccccc1NS(=O)(=O)c1ccc(NC(=O)c2cc(Cc3ccccc3)c(O)c(O)c2O)cc1. The number of hydrogen-bond donors (Lipinski definition) is 5. The fourth-order valence-corrected chi connectivity index (χ4v) is 5.13. The van der Waals surface area contributed by atoms with Gasteiger partial charge in [-0.25, -0.2) is 8.42 Å². The van der Waals surface area contributed by atoms with Crippen molar-refractivity contribution in [2.24, 2.45) is 0 Å². The minimum Gasteiger partial charge on any atom is -0.504 e. The first-order valence-corrected chi connectivity index (χ1v) is 13.4. The van der Waals surface area contributed by atoms with Gasteiger partial charge in [0.25, 0.3) is 15.9 Å². The smallest absolute Gasteiger partial charge is 0.261 e. The first kappa shape index (κ1) is 26.6. The number of hydrogen-bond acceptors (Lipinski definition) is 6. The Balaban J connectivity index is 1.54. The number of anilines is 2. The summed E-state index contributed by atoms with van der Waals surface area (Å²) in [6.07, 6.45) is 0.223. The molecule has 4 rings (SSSR count). The number of amides is 1. The molecule has 0 radical (unpaired) electrons. The largest absolute Gasteiger partial charge is 0.504 e. The van der Waals surface area contributed by atoms with Crippen molar-refractivity contribution in [2.75, 3.05) is 10.0 Å². The van der Waals surface area contributed by atoms with Gasteiger partial charge in [-0.15, -0.1) is 0 Å². The highest BCUT2D eigenvalue weighted by atomic mass is 32.2. The monoisotopic (exact) mass is 532 g/mol. The molecule has 9 heteroatoms. The molecule has 0 spiro atoms. The zero-order valence-electron chi connectivity index (χ0n) is 20.8. The molecule has 0 fully saturated rings. The summed E-state index contributed by atoms with van der Waals surface area (Å²) < 4.78 is 28.5. The summed E-state index contributed by atoms with van der Waals surface area (Å²) in [6.45, 7) is 3.95. The molecule has 0 unspecified atom stereocenters. The molecule has 4 aromatic carbocycles. The third kappa shape index (κ3) is 5.73. The lowest BCUT2D eigenvalue weighted by atomic mass is 10.00. The van der Waals surface area contributed by atoms with Crippen LogP contribution in [0.2, 0.25) is 0 Å². The summed E-state index contributed by atoms with van der Waals surface area (Å²) in [6, 6.07) is 23.2. The zero-order valence-corrected chi connectivity index (χ0v) is 21.7. The van der Waals surface area contributed by atoms with Crippen LogP contribution in [-0.2, 0) is 16.4 Å². The molecule has 0 atom stereocenters. The first-order chi connectivity index (χ1) is 18.1. The molecule has 0 aliphatic carbocycles. The van der Waals surface area contributed by atoms with Gasteiger partial charge >= 0.3 is 0 Å². The van der Waals surface area contributed by atoms with Gasteiger partial charge in [0.1, 0.15) is 0 Å². The van der Waals surface area contributed by atoms with Crippen LogP contribution in [0.5, 0.6) is 17.2 Å². The minimum atomic E-state index is -3.88. The van der Waals surface area contributed by atoms with E-state index in [0.29, 0.717) is 5.69 Å². The van der Waals surface area contributed by atoms with Crippen LogP contribution in [0.3, 0.4) is 0 Å². The van der Waals surface area contributed by atoms with Crippen LogP contribution in [0, 0.1) is 0 Å². The molecule has 0 aliphatic rings. The summed E-state index contributed by atoms with van der Waals surface area (Å²) in [4.78, 5) is 12.9. The van der Waals surface area contributed by atoms with Crippen LogP contribution in [-0.4, -0.2) is 29.6 Å². The number of aromatic hydroxyl groups is 3. The molecule has 5 N–H and O–H groups in total. The van der Waals surface area contributed by atoms with Crippen molar-refractivity contribution in [1.29, 1.82) is 0 Å². The third-order valence-electron chi connectivity index (χ3n) is 6.06. The minimum absolute atomic E-state index is 0.00401. The number of nitrogens with one attached hydrogen (secondary N) is 2. The van der Waals surface area contributed by atoms with Crippen molar-refractivity contribution in [1.82, 2.24) is 0 Å². The van der Waals surface area contributed by atoms with Gasteiger partial charge in [0, 0.05) is 17.7 Å². The molecule has 4 aromatic rings. The van der Waals surface area contributed by atoms with Crippen LogP contribution < -0.4 is 10.0 Å². The Hall–Kier alpha value is -4.50. The summed E-state index contributed by atoms with van der Waals surface area (Å²) in [5, 5.41) is 33.4. The van der Waals surface area contributed by atoms with Crippen molar-refractivity contribution >= 4 is 27.3 Å². The van der Waals surface area contributed by atoms with Gasteiger partial charge < -0.3 is 20.6 Å². The average Bonchev–Trinajstić information content (AvgIpc) is 2.90. The standard InChI is InChI=1S/C29H28N2O6S/c1-18(2)23-10-6-7-11-25(23)31-38(36,37)22-14-12-21(13-15-22)30-29(35)24-17-20(26(32)28(34)27(24)33)16-19-8-4-3-5-9-19/h3-15,17-18,31-34H,16H2,1-2H3,(H,30,35). The highest BCUT2D eigenvalue weighted by Gasteiger charge is 2.22. The predicted octanol–water partition coefficient (Wildman–Crippen LogP) is 5.57. The van der Waals surface area contributed by atoms with Crippen LogP contribution in [0.15, 0.2) is 89.8 Å². The Bertz CT molecular complexity index is 1570. The number of para-hydroxylation sites is 1. The molecule has 0 heterocycles. The summed E-state index contributed by atoms with van der Waals surface area (Å²) in [5.74, 6) is -2.69. The third-order valence-corrected chi connectivity index (χ3v) is 7.44. The van der Waals surface area contributed by atoms with Gasteiger partial charge in [-0.1, -0.05) is 62.4 Å². The van der Waals surface area contributed by atoms with E-state index in [1.54, 1.807) is 12.1 Å². The molecule has 38 heavy (non-hydrogen) atoms. The van der Waals surface area contributed by atoms with Gasteiger partial charge in [0.15, 0.2) is 11.5 Å². The van der Waals surface area contributed by atoms with E-state index in [2.05, 4.69) is 10.0 Å². The summed E-state index contributed by atoms with van der Waals surface area (Å²) in [7, 11) is -3.88. The van der Waals surface area contributed by atoms with Crippen LogP contribution in [0.25, 0.3) is 0 Å². The zero-order chi connectivity index (χ0) is 27.4. The topological polar surface area (TPSA) is 136 Å². The average molecular weight is 533 g/mol. The van der Waals surface area contributed by atoms with Crippen molar-refractivity contribution in [3.63, 3.8) is 0 Å². The fraction of sp³-hybridized carbons (Fsp3) is 0.138. The van der Waals surface area contributed by atoms with Crippen molar-refractivity contribution < 1.29 is 28.5 Å². The number of rotatable bonds is 8. The second kappa shape index (κ2) is 10.9. The fourth-order valence-electron chi connectivity index (χ4n) is 4.04. The van der Waals surface area contributed by atoms with E-state index in [9.17, 15) is 28.5 Å². The molecule has 0 bridgehead atoms. The van der Waals surface area contributed by atoms with Crippen molar-refractivity contribution in [2.45, 2.75) is 31.1 Å². The summed E-state index contributed by atoms with van der Waals surface area (Å²) in [5.41, 5.74) is 2.48. The molecule has 0 saturated heterocycles. The van der Waals surface area contributed by atoms with Gasteiger partial charge in [-0.3, -0.25) is 9.52 Å². The molecular formula is C29H28N2O6S. The Labute approximate surface area is 221 Å². The Morgan fingerprint density at radius 3 is 2.11 bits per heavy atom. The predicted molar refractivity (Wildman–Crippen MR) is 146 cm³/mol. The van der Waals surface area contributed by atoms with E-state index in [-0.39, 0.29) is 34.0 Å².